The Morgan fingerprint density at radius 1 is 0.658 bits per heavy atom. The Kier molecular flexibility index (Phi) is 10.6. The van der Waals surface area contributed by atoms with Gasteiger partial charge in [0.25, 0.3) is 0 Å². The third-order valence-corrected chi connectivity index (χ3v) is 8.18. The molecule has 0 radical (unpaired) electrons. The number of nitrogens with zero attached hydrogens (tertiary/aromatic N) is 1. The van der Waals surface area contributed by atoms with Gasteiger partial charge in [0.15, 0.2) is 0 Å². The lowest BCUT2D eigenvalue weighted by atomic mass is 9.90. The second-order valence-corrected chi connectivity index (χ2v) is 11.3. The summed E-state index contributed by atoms with van der Waals surface area (Å²) in [6, 6.07) is 20.2. The maximum Gasteiger partial charge on any atom is 0.248 e. The van der Waals surface area contributed by atoms with Gasteiger partial charge >= 0.3 is 0 Å². The van der Waals surface area contributed by atoms with Crippen molar-refractivity contribution in [2.45, 2.75) is 97.3 Å². The third kappa shape index (κ3) is 7.16. The van der Waals surface area contributed by atoms with Crippen molar-refractivity contribution in [1.29, 1.82) is 0 Å². The lowest BCUT2D eigenvalue weighted by Gasteiger charge is -2.23. The zero-order chi connectivity index (χ0) is 26.7. The Balaban J connectivity index is 1.26. The lowest BCUT2D eigenvalue weighted by molar-refractivity contribution is -0.127. The van der Waals surface area contributed by atoms with Crippen molar-refractivity contribution in [3.63, 3.8) is 0 Å². The van der Waals surface area contributed by atoms with Gasteiger partial charge in [-0.05, 0) is 70.5 Å². The molecule has 0 aliphatic rings. The summed E-state index contributed by atoms with van der Waals surface area (Å²) < 4.78 is 0. The van der Waals surface area contributed by atoms with E-state index in [2.05, 4.69) is 73.0 Å². The first-order valence-corrected chi connectivity index (χ1v) is 15.2. The molecule has 4 rings (SSSR count). The van der Waals surface area contributed by atoms with Crippen molar-refractivity contribution < 1.29 is 4.79 Å². The average molecular weight is 510 g/mol. The van der Waals surface area contributed by atoms with E-state index in [9.17, 15) is 4.79 Å². The average Bonchev–Trinajstić information content (AvgIpc) is 2.93. The second-order valence-electron chi connectivity index (χ2n) is 11.3. The van der Waals surface area contributed by atoms with E-state index >= 15 is 0 Å². The Hall–Kier alpha value is -2.87. The molecule has 0 spiro atoms. The molecule has 2 nitrogen and oxygen atoms in total. The molecule has 0 saturated carbocycles. The van der Waals surface area contributed by atoms with Crippen molar-refractivity contribution >= 4 is 38.2 Å². The van der Waals surface area contributed by atoms with E-state index in [0.29, 0.717) is 5.57 Å². The number of unbranched alkanes of at least 4 members (excludes halogenated alkanes) is 10. The molecule has 0 aliphatic heterocycles. The van der Waals surface area contributed by atoms with Gasteiger partial charge in [0.1, 0.15) is 0 Å². The van der Waals surface area contributed by atoms with Crippen LogP contribution in [0.15, 0.2) is 66.7 Å². The van der Waals surface area contributed by atoms with Gasteiger partial charge < -0.3 is 4.90 Å². The van der Waals surface area contributed by atoms with Crippen molar-refractivity contribution in [2.75, 3.05) is 13.1 Å². The minimum absolute atomic E-state index is 0.128. The summed E-state index contributed by atoms with van der Waals surface area (Å²) >= 11 is 0. The van der Waals surface area contributed by atoms with E-state index in [1.54, 1.807) is 0 Å². The molecule has 0 atom stereocenters. The minimum atomic E-state index is 0.128. The van der Waals surface area contributed by atoms with Crippen LogP contribution in [0.5, 0.6) is 0 Å². The number of carbonyl (C=O) groups is 1. The van der Waals surface area contributed by atoms with Gasteiger partial charge in [0.2, 0.25) is 5.91 Å². The molecular formula is C36H47NO. The molecule has 0 N–H and O–H groups in total. The molecule has 202 valence electrons. The van der Waals surface area contributed by atoms with E-state index in [0.717, 1.165) is 38.8 Å². The van der Waals surface area contributed by atoms with E-state index in [1.165, 1.54) is 95.7 Å². The molecule has 2 heteroatoms. The van der Waals surface area contributed by atoms with Crippen molar-refractivity contribution in [1.82, 2.24) is 4.90 Å². The van der Waals surface area contributed by atoms with Crippen LogP contribution in [0.25, 0.3) is 32.3 Å². The predicted octanol–water partition coefficient (Wildman–Crippen LogP) is 10.2. The highest BCUT2D eigenvalue weighted by Gasteiger charge is 2.14. The van der Waals surface area contributed by atoms with Crippen LogP contribution in [0.1, 0.15) is 96.5 Å². The normalized spacial score (nSPS) is 11.6. The van der Waals surface area contributed by atoms with Crippen LogP contribution in [0, 0.1) is 0 Å². The highest BCUT2D eigenvalue weighted by molar-refractivity contribution is 6.23. The van der Waals surface area contributed by atoms with Gasteiger partial charge in [-0.25, -0.2) is 0 Å². The zero-order valence-corrected chi connectivity index (χ0v) is 23.9. The molecule has 4 aromatic rings. The van der Waals surface area contributed by atoms with E-state index < -0.39 is 0 Å². The van der Waals surface area contributed by atoms with Crippen LogP contribution >= 0.6 is 0 Å². The number of benzene rings is 4. The van der Waals surface area contributed by atoms with Crippen LogP contribution in [0.3, 0.4) is 0 Å². The van der Waals surface area contributed by atoms with Gasteiger partial charge in [0.05, 0.1) is 0 Å². The van der Waals surface area contributed by atoms with Gasteiger partial charge in [-0.3, -0.25) is 4.79 Å². The molecule has 0 saturated heterocycles. The second kappa shape index (κ2) is 14.3. The number of hydrogen-bond donors (Lipinski definition) is 0. The van der Waals surface area contributed by atoms with E-state index in [1.807, 2.05) is 6.92 Å². The fourth-order valence-corrected chi connectivity index (χ4v) is 6.01. The van der Waals surface area contributed by atoms with E-state index in [4.69, 9.17) is 0 Å². The highest BCUT2D eigenvalue weighted by atomic mass is 16.2. The highest BCUT2D eigenvalue weighted by Crippen LogP contribution is 2.36. The van der Waals surface area contributed by atoms with Crippen molar-refractivity contribution in [3.8, 4) is 0 Å². The molecule has 0 aliphatic carbocycles. The zero-order valence-electron chi connectivity index (χ0n) is 23.9. The van der Waals surface area contributed by atoms with Crippen LogP contribution < -0.4 is 0 Å². The Morgan fingerprint density at radius 2 is 1.18 bits per heavy atom. The maximum absolute atomic E-state index is 12.8. The quantitative estimate of drug-likeness (QED) is 0.0787. The number of rotatable bonds is 17. The summed E-state index contributed by atoms with van der Waals surface area (Å²) in [6.07, 6.45) is 16.3. The molecule has 38 heavy (non-hydrogen) atoms. The summed E-state index contributed by atoms with van der Waals surface area (Å²) in [5.41, 5.74) is 2.08. The number of carbonyl (C=O) groups excluding carboxylic acids is 1. The fourth-order valence-electron chi connectivity index (χ4n) is 6.01. The molecule has 4 aromatic carbocycles. The first kappa shape index (κ1) is 28.1. The topological polar surface area (TPSA) is 20.3 Å². The maximum atomic E-state index is 12.8. The molecule has 0 aromatic heterocycles. The molecule has 0 bridgehead atoms. The Bertz CT molecular complexity index is 1300. The first-order chi connectivity index (χ1) is 18.6. The van der Waals surface area contributed by atoms with Gasteiger partial charge in [-0.15, -0.1) is 0 Å². The van der Waals surface area contributed by atoms with Crippen LogP contribution in [0.2, 0.25) is 0 Å². The lowest BCUT2D eigenvalue weighted by Crippen LogP contribution is -2.33. The Labute approximate surface area is 230 Å². The fraction of sp³-hybridized carbons (Fsp3) is 0.472. The largest absolute Gasteiger partial charge is 0.339 e. The molecular weight excluding hydrogens is 462 g/mol. The molecule has 0 heterocycles. The van der Waals surface area contributed by atoms with Crippen LogP contribution in [-0.4, -0.2) is 23.9 Å². The number of aryl methyl sites for hydroxylation is 1. The first-order valence-electron chi connectivity index (χ1n) is 15.2. The third-order valence-electron chi connectivity index (χ3n) is 8.18. The summed E-state index contributed by atoms with van der Waals surface area (Å²) in [6.45, 7) is 9.74. The Morgan fingerprint density at radius 3 is 1.82 bits per heavy atom. The van der Waals surface area contributed by atoms with Crippen molar-refractivity contribution in [3.05, 3.63) is 72.3 Å². The smallest absolute Gasteiger partial charge is 0.248 e. The minimum Gasteiger partial charge on any atom is -0.339 e. The van der Waals surface area contributed by atoms with Gasteiger partial charge in [0, 0.05) is 18.7 Å². The molecule has 0 unspecified atom stereocenters. The SMILES string of the molecule is C=C(C)C(=O)N(CCCCCCCCCCCC)CCCCc1ccc2ccc3cccc4ccc1c2c34. The van der Waals surface area contributed by atoms with Crippen LogP contribution in [0.4, 0.5) is 0 Å². The van der Waals surface area contributed by atoms with Crippen LogP contribution in [-0.2, 0) is 11.2 Å². The predicted molar refractivity (Wildman–Crippen MR) is 166 cm³/mol. The number of hydrogen-bond acceptors (Lipinski definition) is 1. The van der Waals surface area contributed by atoms with Crippen molar-refractivity contribution in [2.24, 2.45) is 0 Å². The molecule has 1 amide bonds. The van der Waals surface area contributed by atoms with Gasteiger partial charge in [-0.2, -0.15) is 0 Å². The summed E-state index contributed by atoms with van der Waals surface area (Å²) in [5.74, 6) is 0.128. The summed E-state index contributed by atoms with van der Waals surface area (Å²) in [7, 11) is 0. The monoisotopic (exact) mass is 509 g/mol. The summed E-state index contributed by atoms with van der Waals surface area (Å²) in [4.78, 5) is 14.8. The molecule has 0 fully saturated rings. The van der Waals surface area contributed by atoms with Gasteiger partial charge in [-0.1, -0.05) is 126 Å². The number of amides is 1. The standard InChI is InChI=1S/C36H47NO/c1-4-5-6-7-8-9-10-11-12-14-26-37(36(38)28(2)3)27-15-13-17-29-20-21-32-23-22-30-18-16-19-31-24-25-33(29)35(32)34(30)31/h16,18-25H,2,4-15,17,26-27H2,1,3H3. The van der Waals surface area contributed by atoms with E-state index in [-0.39, 0.29) is 5.91 Å². The summed E-state index contributed by atoms with van der Waals surface area (Å²) in [5, 5.41) is 8.13.